The molecule has 1 fully saturated rings. The van der Waals surface area contributed by atoms with Crippen molar-refractivity contribution in [1.29, 1.82) is 0 Å². The Morgan fingerprint density at radius 2 is 1.68 bits per heavy atom. The second kappa shape index (κ2) is 8.24. The highest BCUT2D eigenvalue weighted by atomic mass is 127. The number of halogens is 1. The number of aromatic hydroxyl groups is 1. The van der Waals surface area contributed by atoms with Crippen molar-refractivity contribution < 1.29 is 5.11 Å². The predicted molar refractivity (Wildman–Crippen MR) is 88.9 cm³/mol. The average molecular weight is 375 g/mol. The van der Waals surface area contributed by atoms with Gasteiger partial charge in [0.25, 0.3) is 0 Å². The normalized spacial score (nSPS) is 16.6. The molecule has 1 aromatic rings. The fourth-order valence-corrected chi connectivity index (χ4v) is 2.17. The Balaban J connectivity index is 0.00000180. The van der Waals surface area contributed by atoms with Crippen LogP contribution in [0.1, 0.15) is 31.2 Å². The molecular weight excluding hydrogens is 353 g/mol. The van der Waals surface area contributed by atoms with Gasteiger partial charge in [0.1, 0.15) is 5.75 Å². The Hall–Kier alpha value is -0.980. The number of phenols is 1. The molecule has 1 aliphatic rings. The van der Waals surface area contributed by atoms with Gasteiger partial charge in [-0.05, 0) is 30.5 Å². The number of benzene rings is 1. The van der Waals surface area contributed by atoms with Gasteiger partial charge in [-0.15, -0.1) is 24.0 Å². The summed E-state index contributed by atoms with van der Waals surface area (Å²) in [5.41, 5.74) is 7.08. The van der Waals surface area contributed by atoms with E-state index in [0.717, 1.165) is 18.7 Å². The molecule has 0 radical (unpaired) electrons. The lowest BCUT2D eigenvalue weighted by Crippen LogP contribution is -2.38. The van der Waals surface area contributed by atoms with Gasteiger partial charge in [-0.25, -0.2) is 4.99 Å². The van der Waals surface area contributed by atoms with E-state index in [-0.39, 0.29) is 29.7 Å². The van der Waals surface area contributed by atoms with Crippen molar-refractivity contribution in [3.05, 3.63) is 29.8 Å². The van der Waals surface area contributed by atoms with E-state index < -0.39 is 0 Å². The molecule has 0 aliphatic carbocycles. The molecule has 1 heterocycles. The smallest absolute Gasteiger partial charge is 0.191 e. The van der Waals surface area contributed by atoms with Crippen LogP contribution in [0.15, 0.2) is 29.3 Å². The standard InChI is InChI=1S/C14H21N3O.HI/c15-14(17-9-3-1-2-4-10-17)16-11-12-5-7-13(18)8-6-12;/h5-8,18H,1-4,9-11H2,(H2,15,16);1H. The van der Waals surface area contributed by atoms with E-state index in [1.165, 1.54) is 25.7 Å². The summed E-state index contributed by atoms with van der Waals surface area (Å²) in [6.45, 7) is 2.61. The molecule has 5 heteroatoms. The van der Waals surface area contributed by atoms with Crippen LogP contribution >= 0.6 is 24.0 Å². The molecular formula is C14H22IN3O. The van der Waals surface area contributed by atoms with Crippen molar-refractivity contribution >= 4 is 29.9 Å². The van der Waals surface area contributed by atoms with Crippen molar-refractivity contribution in [2.24, 2.45) is 10.7 Å². The van der Waals surface area contributed by atoms with Crippen LogP contribution in [0.2, 0.25) is 0 Å². The summed E-state index contributed by atoms with van der Waals surface area (Å²) in [6, 6.07) is 7.09. The molecule has 3 N–H and O–H groups in total. The molecule has 0 bridgehead atoms. The summed E-state index contributed by atoms with van der Waals surface area (Å²) in [4.78, 5) is 6.60. The van der Waals surface area contributed by atoms with Gasteiger partial charge in [0, 0.05) is 13.1 Å². The van der Waals surface area contributed by atoms with Crippen LogP contribution in [-0.2, 0) is 6.54 Å². The second-order valence-electron chi connectivity index (χ2n) is 4.74. The molecule has 0 aromatic heterocycles. The van der Waals surface area contributed by atoms with Gasteiger partial charge in [-0.2, -0.15) is 0 Å². The van der Waals surface area contributed by atoms with Crippen molar-refractivity contribution in [3.63, 3.8) is 0 Å². The Bertz CT molecular complexity index is 398. The first-order valence-corrected chi connectivity index (χ1v) is 6.58. The molecule has 106 valence electrons. The monoisotopic (exact) mass is 375 g/mol. The third-order valence-electron chi connectivity index (χ3n) is 3.29. The van der Waals surface area contributed by atoms with Gasteiger partial charge in [-0.3, -0.25) is 0 Å². The van der Waals surface area contributed by atoms with E-state index in [0.29, 0.717) is 12.5 Å². The number of phenolic OH excluding ortho intramolecular Hbond substituents is 1. The third kappa shape index (κ3) is 5.26. The maximum atomic E-state index is 9.20. The topological polar surface area (TPSA) is 61.9 Å². The lowest BCUT2D eigenvalue weighted by molar-refractivity contribution is 0.428. The van der Waals surface area contributed by atoms with E-state index in [1.807, 2.05) is 12.1 Å². The summed E-state index contributed by atoms with van der Waals surface area (Å²) < 4.78 is 0. The molecule has 1 saturated heterocycles. The summed E-state index contributed by atoms with van der Waals surface area (Å²) in [7, 11) is 0. The van der Waals surface area contributed by atoms with E-state index in [2.05, 4.69) is 9.89 Å². The summed E-state index contributed by atoms with van der Waals surface area (Å²) in [6.07, 6.45) is 4.99. The molecule has 0 unspecified atom stereocenters. The molecule has 1 aromatic carbocycles. The van der Waals surface area contributed by atoms with Gasteiger partial charge in [0.2, 0.25) is 0 Å². The van der Waals surface area contributed by atoms with Crippen LogP contribution < -0.4 is 5.73 Å². The zero-order chi connectivity index (χ0) is 12.8. The average Bonchev–Trinajstić information content (AvgIpc) is 2.66. The molecule has 1 aliphatic heterocycles. The Morgan fingerprint density at radius 1 is 1.11 bits per heavy atom. The highest BCUT2D eigenvalue weighted by Crippen LogP contribution is 2.12. The van der Waals surface area contributed by atoms with E-state index >= 15 is 0 Å². The Labute approximate surface area is 131 Å². The van der Waals surface area contributed by atoms with Crippen LogP contribution in [-0.4, -0.2) is 29.1 Å². The van der Waals surface area contributed by atoms with Crippen LogP contribution in [0, 0.1) is 0 Å². The first-order valence-electron chi connectivity index (χ1n) is 6.58. The zero-order valence-corrected chi connectivity index (χ0v) is 13.4. The number of nitrogens with zero attached hydrogens (tertiary/aromatic N) is 2. The first-order chi connectivity index (χ1) is 8.75. The zero-order valence-electron chi connectivity index (χ0n) is 11.1. The molecule has 0 spiro atoms. The summed E-state index contributed by atoms with van der Waals surface area (Å²) in [5.74, 6) is 0.924. The highest BCUT2D eigenvalue weighted by molar-refractivity contribution is 14.0. The minimum atomic E-state index is 0. The van der Waals surface area contributed by atoms with Crippen molar-refractivity contribution in [2.45, 2.75) is 32.2 Å². The van der Waals surface area contributed by atoms with Gasteiger partial charge < -0.3 is 15.7 Å². The molecule has 0 amide bonds. The largest absolute Gasteiger partial charge is 0.508 e. The van der Waals surface area contributed by atoms with Gasteiger partial charge in [0.15, 0.2) is 5.96 Å². The SMILES string of the molecule is I.NC(=NCc1ccc(O)cc1)N1CCCCCC1. The fourth-order valence-electron chi connectivity index (χ4n) is 2.17. The lowest BCUT2D eigenvalue weighted by Gasteiger charge is -2.21. The van der Waals surface area contributed by atoms with Crippen molar-refractivity contribution in [1.82, 2.24) is 4.90 Å². The number of hydrogen-bond acceptors (Lipinski definition) is 2. The van der Waals surface area contributed by atoms with Gasteiger partial charge in [-0.1, -0.05) is 25.0 Å². The molecule has 2 rings (SSSR count). The molecule has 0 atom stereocenters. The number of likely N-dealkylation sites (tertiary alicyclic amines) is 1. The van der Waals surface area contributed by atoms with Crippen LogP contribution in [0.25, 0.3) is 0 Å². The van der Waals surface area contributed by atoms with E-state index in [9.17, 15) is 5.11 Å². The summed E-state index contributed by atoms with van der Waals surface area (Å²) >= 11 is 0. The Morgan fingerprint density at radius 3 is 2.26 bits per heavy atom. The van der Waals surface area contributed by atoms with Gasteiger partial charge in [0.05, 0.1) is 6.54 Å². The van der Waals surface area contributed by atoms with Crippen molar-refractivity contribution in [2.75, 3.05) is 13.1 Å². The number of rotatable bonds is 2. The van der Waals surface area contributed by atoms with Crippen LogP contribution in [0.3, 0.4) is 0 Å². The van der Waals surface area contributed by atoms with E-state index in [1.54, 1.807) is 12.1 Å². The second-order valence-corrected chi connectivity index (χ2v) is 4.74. The maximum Gasteiger partial charge on any atom is 0.191 e. The number of hydrogen-bond donors (Lipinski definition) is 2. The van der Waals surface area contributed by atoms with Gasteiger partial charge >= 0.3 is 0 Å². The summed E-state index contributed by atoms with van der Waals surface area (Å²) in [5, 5.41) is 9.20. The fraction of sp³-hybridized carbons (Fsp3) is 0.500. The van der Waals surface area contributed by atoms with Crippen molar-refractivity contribution in [3.8, 4) is 5.75 Å². The molecule has 19 heavy (non-hydrogen) atoms. The highest BCUT2D eigenvalue weighted by Gasteiger charge is 2.10. The predicted octanol–water partition coefficient (Wildman–Crippen LogP) is 2.70. The van der Waals surface area contributed by atoms with Crippen LogP contribution in [0.4, 0.5) is 0 Å². The number of aliphatic imine (C=N–C) groups is 1. The minimum Gasteiger partial charge on any atom is -0.508 e. The quantitative estimate of drug-likeness (QED) is 0.475. The molecule has 0 saturated carbocycles. The van der Waals surface area contributed by atoms with E-state index in [4.69, 9.17) is 5.73 Å². The third-order valence-corrected chi connectivity index (χ3v) is 3.29. The maximum absolute atomic E-state index is 9.20. The minimum absolute atomic E-state index is 0. The Kier molecular flexibility index (Phi) is 6.97. The number of guanidine groups is 1. The first kappa shape index (κ1) is 16.1. The molecule has 4 nitrogen and oxygen atoms in total. The lowest BCUT2D eigenvalue weighted by atomic mass is 10.2. The number of nitrogens with two attached hydrogens (primary N) is 1. The van der Waals surface area contributed by atoms with Crippen LogP contribution in [0.5, 0.6) is 5.75 Å².